The van der Waals surface area contributed by atoms with Gasteiger partial charge in [0.2, 0.25) is 0 Å². The third-order valence-electron chi connectivity index (χ3n) is 4.09. The lowest BCUT2D eigenvalue weighted by molar-refractivity contribution is 0.960. The first kappa shape index (κ1) is 13.1. The minimum absolute atomic E-state index is 0.643. The van der Waals surface area contributed by atoms with Crippen molar-refractivity contribution in [2.75, 3.05) is 0 Å². The van der Waals surface area contributed by atoms with Crippen LogP contribution in [0.3, 0.4) is 0 Å². The second-order valence-electron chi connectivity index (χ2n) is 5.73. The van der Waals surface area contributed by atoms with Crippen LogP contribution in [-0.4, -0.2) is 29.5 Å². The topological polar surface area (TPSA) is 75.2 Å². The van der Waals surface area contributed by atoms with Crippen LogP contribution in [0.1, 0.15) is 11.6 Å². The fourth-order valence-corrected chi connectivity index (χ4v) is 2.95. The maximum atomic E-state index is 4.66. The lowest BCUT2D eigenvalue weighted by Crippen LogP contribution is -1.92. The molecule has 0 radical (unpaired) electrons. The van der Waals surface area contributed by atoms with Gasteiger partial charge in [0.1, 0.15) is 11.6 Å². The first-order valence-electron chi connectivity index (χ1n) is 7.76. The molecule has 0 bridgehead atoms. The van der Waals surface area contributed by atoms with Crippen molar-refractivity contribution in [1.82, 2.24) is 29.5 Å². The van der Waals surface area contributed by atoms with E-state index >= 15 is 0 Å². The summed E-state index contributed by atoms with van der Waals surface area (Å²) in [6.45, 7) is 0. The van der Waals surface area contributed by atoms with Gasteiger partial charge < -0.3 is 14.5 Å². The normalized spacial score (nSPS) is 11.5. The first-order valence-corrected chi connectivity index (χ1v) is 7.76. The monoisotopic (exact) mass is 314 g/mol. The first-order chi connectivity index (χ1) is 11.8. The number of nitrogens with one attached hydrogen (secondary N) is 2. The van der Waals surface area contributed by atoms with Gasteiger partial charge in [-0.25, -0.2) is 15.0 Å². The highest BCUT2D eigenvalue weighted by Gasteiger charge is 2.08. The SMILES string of the molecule is c1ccc2[nH]c(Cc3nc4ccc(-n5ccnc5)cc4[nH]3)nc2c1. The Balaban J connectivity index is 1.50. The van der Waals surface area contributed by atoms with E-state index in [-0.39, 0.29) is 0 Å². The third kappa shape index (κ3) is 2.16. The standard InChI is InChI=1S/C18H14N6/c1-2-4-14-13(3-1)20-17(21-14)10-18-22-15-6-5-12(9-16(15)23-18)24-8-7-19-11-24/h1-9,11H,10H2,(H,20,21)(H,22,23). The molecule has 116 valence electrons. The van der Waals surface area contributed by atoms with Gasteiger partial charge in [0.05, 0.1) is 34.8 Å². The van der Waals surface area contributed by atoms with E-state index in [2.05, 4.69) is 31.0 Å². The Kier molecular flexibility index (Phi) is 2.75. The van der Waals surface area contributed by atoms with E-state index in [1.54, 1.807) is 12.5 Å². The largest absolute Gasteiger partial charge is 0.342 e. The molecule has 0 fully saturated rings. The molecule has 5 rings (SSSR count). The van der Waals surface area contributed by atoms with Crippen LogP contribution >= 0.6 is 0 Å². The van der Waals surface area contributed by atoms with Gasteiger partial charge in [-0.2, -0.15) is 0 Å². The van der Waals surface area contributed by atoms with E-state index in [0.717, 1.165) is 39.4 Å². The molecule has 0 aliphatic rings. The van der Waals surface area contributed by atoms with Crippen LogP contribution in [0.4, 0.5) is 0 Å². The molecule has 0 aliphatic heterocycles. The molecular formula is C18H14N6. The average Bonchev–Trinajstić information content (AvgIpc) is 3.32. The minimum Gasteiger partial charge on any atom is -0.342 e. The number of fused-ring (bicyclic) bond motifs is 2. The van der Waals surface area contributed by atoms with Crippen LogP contribution in [0, 0.1) is 0 Å². The van der Waals surface area contributed by atoms with E-state index in [1.165, 1.54) is 0 Å². The number of hydrogen-bond acceptors (Lipinski definition) is 3. The lowest BCUT2D eigenvalue weighted by Gasteiger charge is -2.00. The van der Waals surface area contributed by atoms with Gasteiger partial charge in [0.15, 0.2) is 0 Å². The average molecular weight is 314 g/mol. The maximum absolute atomic E-state index is 4.66. The zero-order valence-electron chi connectivity index (χ0n) is 12.8. The number of benzene rings is 2. The fraction of sp³-hybridized carbons (Fsp3) is 0.0556. The Hall–Kier alpha value is -3.41. The van der Waals surface area contributed by atoms with Crippen molar-refractivity contribution in [3.05, 3.63) is 72.8 Å². The fourth-order valence-electron chi connectivity index (χ4n) is 2.95. The van der Waals surface area contributed by atoms with Crippen LogP contribution < -0.4 is 0 Å². The summed E-state index contributed by atoms with van der Waals surface area (Å²) in [5, 5.41) is 0. The zero-order chi connectivity index (χ0) is 15.9. The van der Waals surface area contributed by atoms with Gasteiger partial charge in [-0.3, -0.25) is 0 Å². The van der Waals surface area contributed by atoms with Crippen molar-refractivity contribution in [3.63, 3.8) is 0 Å². The second kappa shape index (κ2) is 5.06. The predicted molar refractivity (Wildman–Crippen MR) is 92.1 cm³/mol. The number of imidazole rings is 3. The minimum atomic E-state index is 0.643. The number of aromatic amines is 2. The number of para-hydroxylation sites is 2. The van der Waals surface area contributed by atoms with Crippen LogP contribution in [0.15, 0.2) is 61.2 Å². The van der Waals surface area contributed by atoms with Gasteiger partial charge in [-0.05, 0) is 30.3 Å². The smallest absolute Gasteiger partial charge is 0.114 e. The molecular weight excluding hydrogens is 300 g/mol. The van der Waals surface area contributed by atoms with Crippen molar-refractivity contribution in [3.8, 4) is 5.69 Å². The third-order valence-corrected chi connectivity index (χ3v) is 4.09. The molecule has 5 aromatic rings. The Morgan fingerprint density at radius 3 is 2.46 bits per heavy atom. The predicted octanol–water partition coefficient (Wildman–Crippen LogP) is 3.22. The summed E-state index contributed by atoms with van der Waals surface area (Å²) < 4.78 is 1.97. The number of aromatic nitrogens is 6. The summed E-state index contributed by atoms with van der Waals surface area (Å²) in [7, 11) is 0. The quantitative estimate of drug-likeness (QED) is 0.537. The summed E-state index contributed by atoms with van der Waals surface area (Å²) in [6.07, 6.45) is 6.12. The summed E-state index contributed by atoms with van der Waals surface area (Å²) >= 11 is 0. The van der Waals surface area contributed by atoms with E-state index in [1.807, 2.05) is 47.2 Å². The highest BCUT2D eigenvalue weighted by molar-refractivity contribution is 5.78. The van der Waals surface area contributed by atoms with Crippen molar-refractivity contribution >= 4 is 22.1 Å². The van der Waals surface area contributed by atoms with Crippen LogP contribution in [0.25, 0.3) is 27.8 Å². The molecule has 0 saturated carbocycles. The van der Waals surface area contributed by atoms with Crippen molar-refractivity contribution in [2.45, 2.75) is 6.42 Å². The number of rotatable bonds is 3. The number of nitrogens with zero attached hydrogens (tertiary/aromatic N) is 4. The van der Waals surface area contributed by atoms with Crippen molar-refractivity contribution in [1.29, 1.82) is 0 Å². The van der Waals surface area contributed by atoms with Crippen molar-refractivity contribution in [2.24, 2.45) is 0 Å². The van der Waals surface area contributed by atoms with Crippen LogP contribution in [0.2, 0.25) is 0 Å². The molecule has 24 heavy (non-hydrogen) atoms. The molecule has 3 heterocycles. The maximum Gasteiger partial charge on any atom is 0.114 e. The van der Waals surface area contributed by atoms with Gasteiger partial charge in [0.25, 0.3) is 0 Å². The second-order valence-corrected chi connectivity index (χ2v) is 5.73. The Morgan fingerprint density at radius 2 is 1.67 bits per heavy atom. The summed E-state index contributed by atoms with van der Waals surface area (Å²) in [5.41, 5.74) is 5.04. The molecule has 0 spiro atoms. The van der Waals surface area contributed by atoms with Gasteiger partial charge in [-0.15, -0.1) is 0 Å². The molecule has 3 aromatic heterocycles. The van der Waals surface area contributed by atoms with Crippen molar-refractivity contribution < 1.29 is 0 Å². The van der Waals surface area contributed by atoms with Gasteiger partial charge in [0, 0.05) is 18.1 Å². The van der Waals surface area contributed by atoms with E-state index in [0.29, 0.717) is 6.42 Å². The summed E-state index contributed by atoms with van der Waals surface area (Å²) in [5.74, 6) is 1.80. The Morgan fingerprint density at radius 1 is 0.875 bits per heavy atom. The molecule has 2 aromatic carbocycles. The molecule has 0 saturated heterocycles. The molecule has 6 heteroatoms. The summed E-state index contributed by atoms with van der Waals surface area (Å²) in [4.78, 5) is 20.1. The molecule has 0 amide bonds. The molecule has 0 unspecified atom stereocenters. The highest BCUT2D eigenvalue weighted by atomic mass is 15.0. The van der Waals surface area contributed by atoms with Gasteiger partial charge in [-0.1, -0.05) is 12.1 Å². The van der Waals surface area contributed by atoms with E-state index in [9.17, 15) is 0 Å². The number of H-pyrrole nitrogens is 2. The lowest BCUT2D eigenvalue weighted by atomic mass is 10.3. The molecule has 0 aliphatic carbocycles. The Bertz CT molecular complexity index is 1100. The molecule has 6 nitrogen and oxygen atoms in total. The summed E-state index contributed by atoms with van der Waals surface area (Å²) in [6, 6.07) is 14.2. The molecule has 0 atom stereocenters. The van der Waals surface area contributed by atoms with Crippen LogP contribution in [0.5, 0.6) is 0 Å². The van der Waals surface area contributed by atoms with E-state index < -0.39 is 0 Å². The number of hydrogen-bond donors (Lipinski definition) is 2. The molecule has 2 N–H and O–H groups in total. The Labute approximate surface area is 137 Å². The zero-order valence-corrected chi connectivity index (χ0v) is 12.8. The van der Waals surface area contributed by atoms with Gasteiger partial charge >= 0.3 is 0 Å². The highest BCUT2D eigenvalue weighted by Crippen LogP contribution is 2.18. The van der Waals surface area contributed by atoms with E-state index in [4.69, 9.17) is 0 Å². The van der Waals surface area contributed by atoms with Crippen LogP contribution in [-0.2, 0) is 6.42 Å².